The van der Waals surface area contributed by atoms with Crippen LogP contribution in [0.4, 0.5) is 17.2 Å². The standard InChI is InChI=1S/C37H46ClN9O5S/c1-21-19-44(20-22(2)45(21)33-30(41-23(3)48)12-11-29(42-33)27-10-13-32(49)43-34(27)50)14-15-52-26-8-6-24(7-9-26)47-36(53)46(35(51)37(47,4)5)25-16-28(38)31(17-39)40-18-25/h11-12,16,18,21-22,24,26-27H,6-10,13-15,19-20H2,1-5H3,(H,41,48)(H,43,49,50)/t21-,22+,24?,26?,27?. The summed E-state index contributed by atoms with van der Waals surface area (Å²) in [5, 5.41) is 15.1. The van der Waals surface area contributed by atoms with Gasteiger partial charge < -0.3 is 19.9 Å². The molecule has 6 rings (SSSR count). The van der Waals surface area contributed by atoms with E-state index in [9.17, 15) is 24.4 Å². The Balaban J connectivity index is 1.03. The van der Waals surface area contributed by atoms with Gasteiger partial charge in [-0.1, -0.05) is 11.6 Å². The van der Waals surface area contributed by atoms with E-state index in [4.69, 9.17) is 33.5 Å². The fourth-order valence-corrected chi connectivity index (χ4v) is 9.02. The molecule has 0 radical (unpaired) electrons. The second kappa shape index (κ2) is 15.6. The Kier molecular flexibility index (Phi) is 11.4. The average Bonchev–Trinajstić information content (AvgIpc) is 3.27. The van der Waals surface area contributed by atoms with Crippen molar-refractivity contribution >= 4 is 69.8 Å². The molecule has 2 aromatic rings. The predicted octanol–water partition coefficient (Wildman–Crippen LogP) is 4.12. The first-order valence-corrected chi connectivity index (χ1v) is 19.0. The van der Waals surface area contributed by atoms with Crippen molar-refractivity contribution in [3.05, 3.63) is 40.8 Å². The predicted molar refractivity (Wildman–Crippen MR) is 203 cm³/mol. The molecule has 0 spiro atoms. The smallest absolute Gasteiger partial charge is 0.258 e. The van der Waals surface area contributed by atoms with Crippen molar-refractivity contribution in [2.45, 2.75) is 109 Å². The lowest BCUT2D eigenvalue weighted by atomic mass is 9.89. The Labute approximate surface area is 320 Å². The van der Waals surface area contributed by atoms with Crippen LogP contribution in [0.1, 0.15) is 90.4 Å². The number of aromatic nitrogens is 2. The highest BCUT2D eigenvalue weighted by molar-refractivity contribution is 7.80. The normalized spacial score (nSPS) is 26.4. The SMILES string of the molecule is CC(=O)Nc1ccc(C2CCC(=O)NC2=O)nc1N1[C@H](C)CN(CCOC2CCC(N3C(=S)N(c4cnc(C#N)c(Cl)c4)C(=O)C3(C)C)CC2)C[C@@H]1C. The van der Waals surface area contributed by atoms with Crippen LogP contribution in [0.2, 0.25) is 5.02 Å². The number of nitrogens with zero attached hydrogens (tertiary/aromatic N) is 7. The zero-order valence-electron chi connectivity index (χ0n) is 30.7. The van der Waals surface area contributed by atoms with Gasteiger partial charge >= 0.3 is 0 Å². The fraction of sp³-hybridized carbons (Fsp3) is 0.568. The van der Waals surface area contributed by atoms with E-state index in [0.717, 1.165) is 45.3 Å². The van der Waals surface area contributed by atoms with E-state index in [1.807, 2.05) is 24.8 Å². The zero-order valence-corrected chi connectivity index (χ0v) is 32.3. The van der Waals surface area contributed by atoms with Crippen molar-refractivity contribution in [1.29, 1.82) is 5.26 Å². The quantitative estimate of drug-likeness (QED) is 0.278. The summed E-state index contributed by atoms with van der Waals surface area (Å²) in [6.07, 6.45) is 5.57. The lowest BCUT2D eigenvalue weighted by Crippen LogP contribution is -2.58. The Morgan fingerprint density at radius 2 is 1.83 bits per heavy atom. The highest BCUT2D eigenvalue weighted by Crippen LogP contribution is 2.39. The van der Waals surface area contributed by atoms with Gasteiger partial charge in [-0.3, -0.25) is 34.3 Å². The molecule has 16 heteroatoms. The number of piperazine rings is 1. The van der Waals surface area contributed by atoms with Gasteiger partial charge in [-0.25, -0.2) is 9.97 Å². The van der Waals surface area contributed by atoms with Gasteiger partial charge in [-0.2, -0.15) is 5.26 Å². The number of thiocarbonyl (C=S) groups is 1. The highest BCUT2D eigenvalue weighted by Gasteiger charge is 2.52. The topological polar surface area (TPSA) is 164 Å². The molecule has 4 amide bonds. The third kappa shape index (κ3) is 7.87. The van der Waals surface area contributed by atoms with E-state index in [-0.39, 0.29) is 65.0 Å². The van der Waals surface area contributed by atoms with Gasteiger partial charge in [-0.15, -0.1) is 0 Å². The number of imide groups is 1. The number of pyridine rings is 2. The van der Waals surface area contributed by atoms with Gasteiger partial charge in [0.1, 0.15) is 11.6 Å². The summed E-state index contributed by atoms with van der Waals surface area (Å²) in [4.78, 5) is 67.2. The lowest BCUT2D eigenvalue weighted by Gasteiger charge is -2.46. The molecule has 5 heterocycles. The van der Waals surface area contributed by atoms with Gasteiger partial charge in [0.05, 0.1) is 46.9 Å². The summed E-state index contributed by atoms with van der Waals surface area (Å²) in [6.45, 7) is 12.4. The largest absolute Gasteiger partial charge is 0.377 e. The summed E-state index contributed by atoms with van der Waals surface area (Å²) in [5.74, 6) is -0.893. The molecule has 2 aromatic heterocycles. The maximum atomic E-state index is 13.6. The first-order valence-electron chi connectivity index (χ1n) is 18.2. The molecule has 3 aliphatic heterocycles. The fourth-order valence-electron chi connectivity index (χ4n) is 8.25. The van der Waals surface area contributed by atoms with Gasteiger partial charge in [-0.05, 0) is 90.2 Å². The van der Waals surface area contributed by atoms with Crippen LogP contribution in [0.15, 0.2) is 24.4 Å². The lowest BCUT2D eigenvalue weighted by molar-refractivity contribution is -0.134. The molecule has 3 saturated heterocycles. The van der Waals surface area contributed by atoms with E-state index >= 15 is 0 Å². The number of carbonyl (C=O) groups is 4. The number of hydrogen-bond donors (Lipinski definition) is 2. The van der Waals surface area contributed by atoms with Crippen molar-refractivity contribution in [3.8, 4) is 6.07 Å². The van der Waals surface area contributed by atoms with Crippen molar-refractivity contribution in [1.82, 2.24) is 25.1 Å². The first kappa shape index (κ1) is 38.5. The number of rotatable bonds is 9. The Morgan fingerprint density at radius 1 is 1.13 bits per heavy atom. The van der Waals surface area contributed by atoms with Crippen LogP contribution in [-0.2, 0) is 23.9 Å². The van der Waals surface area contributed by atoms with E-state index < -0.39 is 11.5 Å². The number of halogens is 1. The van der Waals surface area contributed by atoms with E-state index in [0.29, 0.717) is 41.0 Å². The molecular formula is C37H46ClN9O5S. The third-order valence-electron chi connectivity index (χ3n) is 10.7. The van der Waals surface area contributed by atoms with Gasteiger partial charge in [0.25, 0.3) is 5.91 Å². The van der Waals surface area contributed by atoms with Crippen LogP contribution in [0.3, 0.4) is 0 Å². The average molecular weight is 764 g/mol. The second-order valence-electron chi connectivity index (χ2n) is 14.9. The Hall–Kier alpha value is -4.23. The first-order chi connectivity index (χ1) is 25.2. The molecule has 4 fully saturated rings. The molecule has 1 aliphatic carbocycles. The van der Waals surface area contributed by atoms with Gasteiger partial charge in [0, 0.05) is 51.1 Å². The summed E-state index contributed by atoms with van der Waals surface area (Å²) >= 11 is 12.1. The van der Waals surface area contributed by atoms with Crippen molar-refractivity contribution in [2.75, 3.05) is 41.4 Å². The molecule has 3 atom stereocenters. The van der Waals surface area contributed by atoms with Crippen molar-refractivity contribution in [3.63, 3.8) is 0 Å². The number of nitrogens with one attached hydrogen (secondary N) is 2. The maximum Gasteiger partial charge on any atom is 0.258 e. The number of anilines is 3. The van der Waals surface area contributed by atoms with Crippen LogP contribution in [0.25, 0.3) is 0 Å². The molecule has 0 bridgehead atoms. The molecule has 1 saturated carbocycles. The van der Waals surface area contributed by atoms with Crippen molar-refractivity contribution in [2.24, 2.45) is 0 Å². The molecular weight excluding hydrogens is 718 g/mol. The molecule has 0 aromatic carbocycles. The minimum absolute atomic E-state index is 0.0530. The Morgan fingerprint density at radius 3 is 2.45 bits per heavy atom. The highest BCUT2D eigenvalue weighted by atomic mass is 35.5. The summed E-state index contributed by atoms with van der Waals surface area (Å²) in [5.41, 5.74) is 0.863. The molecule has 282 valence electrons. The molecule has 4 aliphatic rings. The van der Waals surface area contributed by atoms with Gasteiger partial charge in [0.15, 0.2) is 16.6 Å². The summed E-state index contributed by atoms with van der Waals surface area (Å²) < 4.78 is 6.41. The summed E-state index contributed by atoms with van der Waals surface area (Å²) in [7, 11) is 0. The van der Waals surface area contributed by atoms with E-state index in [2.05, 4.69) is 39.3 Å². The Bertz CT molecular complexity index is 1830. The molecule has 1 unspecified atom stereocenters. The van der Waals surface area contributed by atoms with Crippen LogP contribution in [0.5, 0.6) is 0 Å². The van der Waals surface area contributed by atoms with Gasteiger partial charge in [0.2, 0.25) is 17.7 Å². The minimum Gasteiger partial charge on any atom is -0.377 e. The number of amides is 4. The third-order valence-corrected chi connectivity index (χ3v) is 11.4. The summed E-state index contributed by atoms with van der Waals surface area (Å²) in [6, 6.07) is 7.24. The van der Waals surface area contributed by atoms with Crippen molar-refractivity contribution < 1.29 is 23.9 Å². The number of ether oxygens (including phenoxy) is 1. The monoisotopic (exact) mass is 763 g/mol. The zero-order chi connectivity index (χ0) is 38.2. The van der Waals surface area contributed by atoms with Crippen LogP contribution in [0, 0.1) is 11.3 Å². The number of hydrogen-bond acceptors (Lipinski definition) is 11. The number of piperidine rings is 1. The van der Waals surface area contributed by atoms with Crippen LogP contribution >= 0.6 is 23.8 Å². The number of carbonyl (C=O) groups excluding carboxylic acids is 4. The van der Waals surface area contributed by atoms with Crippen LogP contribution < -0.4 is 20.4 Å². The molecule has 53 heavy (non-hydrogen) atoms. The van der Waals surface area contributed by atoms with Crippen LogP contribution in [-0.4, -0.2) is 105 Å². The second-order valence-corrected chi connectivity index (χ2v) is 15.7. The van der Waals surface area contributed by atoms with E-state index in [1.165, 1.54) is 18.0 Å². The number of nitriles is 1. The van der Waals surface area contributed by atoms with E-state index in [1.54, 1.807) is 18.2 Å². The molecule has 2 N–H and O–H groups in total. The minimum atomic E-state index is -0.851. The maximum absolute atomic E-state index is 13.6. The molecule has 14 nitrogen and oxygen atoms in total.